The van der Waals surface area contributed by atoms with Crippen molar-refractivity contribution in [2.45, 2.75) is 18.3 Å². The second-order valence-electron chi connectivity index (χ2n) is 1.79. The van der Waals surface area contributed by atoms with Gasteiger partial charge in [0.15, 0.2) is 0 Å². The van der Waals surface area contributed by atoms with Gasteiger partial charge >= 0.3 is 12.2 Å². The largest absolute Gasteiger partial charge is 0.546 e. The molecule has 0 fully saturated rings. The van der Waals surface area contributed by atoms with E-state index < -0.39 is 23.3 Å². The fourth-order valence-electron chi connectivity index (χ4n) is 0.297. The SMILES string of the molecule is O=[N+]([O-])C(F)(F)C(O)C(F)(F)F. The van der Waals surface area contributed by atoms with Crippen molar-refractivity contribution in [1.29, 1.82) is 0 Å². The zero-order chi connectivity index (χ0) is 10.2. The van der Waals surface area contributed by atoms with Crippen LogP contribution in [-0.4, -0.2) is 28.4 Å². The van der Waals surface area contributed by atoms with Crippen LogP contribution in [0.4, 0.5) is 22.0 Å². The fraction of sp³-hybridized carbons (Fsp3) is 1.00. The summed E-state index contributed by atoms with van der Waals surface area (Å²) in [6, 6.07) is -5.40. The number of hydrogen-bond acceptors (Lipinski definition) is 3. The molecule has 0 aromatic carbocycles. The third-order valence-electron chi connectivity index (χ3n) is 0.882. The van der Waals surface area contributed by atoms with Gasteiger partial charge in [-0.3, -0.25) is 10.1 Å². The van der Waals surface area contributed by atoms with Crippen LogP contribution in [0.2, 0.25) is 0 Å². The van der Waals surface area contributed by atoms with E-state index in [-0.39, 0.29) is 0 Å². The van der Waals surface area contributed by atoms with Crippen LogP contribution in [0.5, 0.6) is 0 Å². The molecule has 0 aliphatic heterocycles. The normalized spacial score (nSPS) is 15.8. The molecule has 0 radical (unpaired) electrons. The molecule has 0 saturated carbocycles. The van der Waals surface area contributed by atoms with Crippen molar-refractivity contribution in [2.24, 2.45) is 0 Å². The Morgan fingerprint density at radius 3 is 1.67 bits per heavy atom. The molecular formula is C3H2F5NO3. The summed E-state index contributed by atoms with van der Waals surface area (Å²) in [6.45, 7) is 0. The first-order chi connectivity index (χ1) is 5.10. The minimum absolute atomic E-state index is 2.49. The molecule has 0 heterocycles. The molecule has 4 nitrogen and oxygen atoms in total. The quantitative estimate of drug-likeness (QED) is 0.306. The monoisotopic (exact) mass is 195 g/mol. The number of nitro groups is 1. The Morgan fingerprint density at radius 1 is 1.25 bits per heavy atom. The molecule has 0 aromatic rings. The first-order valence-corrected chi connectivity index (χ1v) is 2.37. The number of halogens is 5. The second kappa shape index (κ2) is 2.81. The third-order valence-corrected chi connectivity index (χ3v) is 0.882. The molecule has 1 N–H and O–H groups in total. The minimum atomic E-state index is -5.71. The Hall–Kier alpha value is -0.990. The number of aliphatic hydroxyl groups excluding tert-OH is 1. The highest BCUT2D eigenvalue weighted by Gasteiger charge is 2.64. The van der Waals surface area contributed by atoms with Crippen molar-refractivity contribution in [1.82, 2.24) is 0 Å². The zero-order valence-electron chi connectivity index (χ0n) is 5.18. The van der Waals surface area contributed by atoms with E-state index in [1.54, 1.807) is 0 Å². The predicted molar refractivity (Wildman–Crippen MR) is 24.0 cm³/mol. The highest BCUT2D eigenvalue weighted by Crippen LogP contribution is 2.32. The van der Waals surface area contributed by atoms with Gasteiger partial charge < -0.3 is 5.11 Å². The molecule has 0 aliphatic rings. The van der Waals surface area contributed by atoms with Crippen molar-refractivity contribution in [3.63, 3.8) is 0 Å². The number of hydrogen-bond donors (Lipinski definition) is 1. The molecule has 0 spiro atoms. The molecule has 1 atom stereocenters. The van der Waals surface area contributed by atoms with Crippen LogP contribution < -0.4 is 0 Å². The maximum Gasteiger partial charge on any atom is 0.546 e. The van der Waals surface area contributed by atoms with E-state index in [0.717, 1.165) is 0 Å². The van der Waals surface area contributed by atoms with Gasteiger partial charge in [0.1, 0.15) is 0 Å². The van der Waals surface area contributed by atoms with Crippen molar-refractivity contribution in [3.05, 3.63) is 10.1 Å². The average molecular weight is 195 g/mol. The van der Waals surface area contributed by atoms with E-state index in [0.29, 0.717) is 0 Å². The van der Waals surface area contributed by atoms with Crippen molar-refractivity contribution < 1.29 is 32.0 Å². The molecule has 0 amide bonds. The lowest BCUT2D eigenvalue weighted by molar-refractivity contribution is -0.665. The summed E-state index contributed by atoms with van der Waals surface area (Å²) >= 11 is 0. The second-order valence-corrected chi connectivity index (χ2v) is 1.79. The molecule has 12 heavy (non-hydrogen) atoms. The van der Waals surface area contributed by atoms with Crippen molar-refractivity contribution in [2.75, 3.05) is 0 Å². The summed E-state index contributed by atoms with van der Waals surface area (Å²) < 4.78 is 57.3. The number of nitrogens with zero attached hydrogens (tertiary/aromatic N) is 1. The molecule has 1 unspecified atom stereocenters. The van der Waals surface area contributed by atoms with Crippen LogP contribution in [0.25, 0.3) is 0 Å². The van der Waals surface area contributed by atoms with Gasteiger partial charge in [0.2, 0.25) is 0 Å². The molecule has 0 bridgehead atoms. The van der Waals surface area contributed by atoms with Crippen LogP contribution in [-0.2, 0) is 0 Å². The summed E-state index contributed by atoms with van der Waals surface area (Å²) in [5.41, 5.74) is 0. The highest BCUT2D eigenvalue weighted by atomic mass is 19.4. The first-order valence-electron chi connectivity index (χ1n) is 2.37. The summed E-state index contributed by atoms with van der Waals surface area (Å²) in [4.78, 5) is 6.81. The van der Waals surface area contributed by atoms with Gasteiger partial charge in [-0.25, -0.2) is 0 Å². The zero-order valence-corrected chi connectivity index (χ0v) is 5.18. The van der Waals surface area contributed by atoms with Crippen molar-refractivity contribution >= 4 is 0 Å². The number of rotatable bonds is 2. The molecule has 72 valence electrons. The van der Waals surface area contributed by atoms with Crippen LogP contribution in [0, 0.1) is 10.1 Å². The summed E-state index contributed by atoms with van der Waals surface area (Å²) in [5, 5.41) is 17.1. The molecule has 9 heteroatoms. The van der Waals surface area contributed by atoms with Crippen LogP contribution >= 0.6 is 0 Å². The fourth-order valence-corrected chi connectivity index (χ4v) is 0.297. The molecule has 0 aromatic heterocycles. The third kappa shape index (κ3) is 2.00. The van der Waals surface area contributed by atoms with Gasteiger partial charge in [-0.1, -0.05) is 0 Å². The maximum atomic E-state index is 11.8. The highest BCUT2D eigenvalue weighted by molar-refractivity contribution is 4.73. The predicted octanol–water partition coefficient (Wildman–Crippen LogP) is 0.779. The smallest absolute Gasteiger partial charge is 0.373 e. The summed E-state index contributed by atoms with van der Waals surface area (Å²) in [5.74, 6) is 0. The number of aliphatic hydroxyl groups is 1. The maximum absolute atomic E-state index is 11.8. The van der Waals surface area contributed by atoms with Gasteiger partial charge in [-0.15, -0.1) is 8.78 Å². The Labute approximate surface area is 61.7 Å². The van der Waals surface area contributed by atoms with E-state index in [2.05, 4.69) is 0 Å². The van der Waals surface area contributed by atoms with E-state index in [4.69, 9.17) is 5.11 Å². The van der Waals surface area contributed by atoms with Gasteiger partial charge in [0.05, 0.1) is 4.92 Å². The van der Waals surface area contributed by atoms with Gasteiger partial charge in [0.25, 0.3) is 6.10 Å². The van der Waals surface area contributed by atoms with Gasteiger partial charge in [0, 0.05) is 0 Å². The lowest BCUT2D eigenvalue weighted by atomic mass is 10.3. The Balaban J connectivity index is 4.69. The molecule has 0 aliphatic carbocycles. The van der Waals surface area contributed by atoms with Crippen LogP contribution in [0.3, 0.4) is 0 Å². The van der Waals surface area contributed by atoms with Crippen molar-refractivity contribution in [3.8, 4) is 0 Å². The Kier molecular flexibility index (Phi) is 2.58. The van der Waals surface area contributed by atoms with Crippen LogP contribution in [0.1, 0.15) is 0 Å². The average Bonchev–Trinajstić information content (AvgIpc) is 1.83. The minimum Gasteiger partial charge on any atom is -0.373 e. The molecule has 0 rings (SSSR count). The Bertz CT molecular complexity index is 189. The van der Waals surface area contributed by atoms with Gasteiger partial charge in [-0.2, -0.15) is 13.2 Å². The lowest BCUT2D eigenvalue weighted by Gasteiger charge is -2.16. The van der Waals surface area contributed by atoms with Crippen LogP contribution in [0.15, 0.2) is 0 Å². The summed E-state index contributed by atoms with van der Waals surface area (Å²) in [7, 11) is 0. The van der Waals surface area contributed by atoms with E-state index in [9.17, 15) is 32.1 Å². The van der Waals surface area contributed by atoms with E-state index in [1.165, 1.54) is 0 Å². The lowest BCUT2D eigenvalue weighted by Crippen LogP contribution is -2.49. The molecule has 0 saturated heterocycles. The number of alkyl halides is 5. The summed E-state index contributed by atoms with van der Waals surface area (Å²) in [6.07, 6.45) is -9.99. The van der Waals surface area contributed by atoms with E-state index in [1.807, 2.05) is 0 Å². The molecular weight excluding hydrogens is 193 g/mol. The standard InChI is InChI=1S/C3H2F5NO3/c4-2(5,6)1(10)3(7,8)9(11)12/h1,10H. The Morgan fingerprint density at radius 2 is 1.58 bits per heavy atom. The van der Waals surface area contributed by atoms with E-state index >= 15 is 0 Å². The van der Waals surface area contributed by atoms with Gasteiger partial charge in [-0.05, 0) is 0 Å². The first kappa shape index (κ1) is 11.0. The topological polar surface area (TPSA) is 63.4 Å².